The molecule has 6 heteroatoms. The van der Waals surface area contributed by atoms with Gasteiger partial charge in [-0.05, 0) is 24.1 Å². The Kier molecular flexibility index (Phi) is 4.58. The van der Waals surface area contributed by atoms with E-state index in [1.165, 1.54) is 5.56 Å². The van der Waals surface area contributed by atoms with E-state index in [9.17, 15) is 4.79 Å². The highest BCUT2D eigenvalue weighted by Crippen LogP contribution is 2.27. The van der Waals surface area contributed by atoms with Crippen molar-refractivity contribution in [3.8, 4) is 5.75 Å². The molecule has 0 spiro atoms. The predicted molar refractivity (Wildman–Crippen MR) is 82.8 cm³/mol. The Balaban J connectivity index is 1.30. The topological polar surface area (TPSA) is 68.2 Å². The lowest BCUT2D eigenvalue weighted by Gasteiger charge is -2.12. The number of carbonyl (C=O) groups is 1. The van der Waals surface area contributed by atoms with Crippen LogP contribution in [0.15, 0.2) is 42.7 Å². The van der Waals surface area contributed by atoms with E-state index in [0.717, 1.165) is 25.1 Å². The molecule has 1 aliphatic rings. The van der Waals surface area contributed by atoms with Crippen LogP contribution in [0.2, 0.25) is 0 Å². The number of aromatic nitrogens is 2. The van der Waals surface area contributed by atoms with Crippen LogP contribution in [0.5, 0.6) is 5.75 Å². The van der Waals surface area contributed by atoms with Gasteiger partial charge in [0.05, 0.1) is 6.54 Å². The zero-order valence-corrected chi connectivity index (χ0v) is 12.4. The molecule has 1 aromatic carbocycles. The van der Waals surface area contributed by atoms with Gasteiger partial charge in [0.15, 0.2) is 0 Å². The van der Waals surface area contributed by atoms with Gasteiger partial charge in [0.2, 0.25) is 0 Å². The normalized spacial score (nSPS) is 15.9. The van der Waals surface area contributed by atoms with Crippen molar-refractivity contribution in [3.05, 3.63) is 48.3 Å². The molecule has 0 saturated heterocycles. The van der Waals surface area contributed by atoms with Crippen LogP contribution in [0.25, 0.3) is 0 Å². The van der Waals surface area contributed by atoms with Crippen molar-refractivity contribution in [2.24, 2.45) is 0 Å². The summed E-state index contributed by atoms with van der Waals surface area (Å²) in [4.78, 5) is 11.7. The number of ether oxygens (including phenoxy) is 1. The SMILES string of the molecule is O=C(NCCCn1cccn1)NC[C@@H]1Cc2ccccc2O1. The summed E-state index contributed by atoms with van der Waals surface area (Å²) < 4.78 is 7.63. The van der Waals surface area contributed by atoms with E-state index in [-0.39, 0.29) is 12.1 Å². The predicted octanol–water partition coefficient (Wildman–Crippen LogP) is 1.58. The van der Waals surface area contributed by atoms with Crippen molar-refractivity contribution < 1.29 is 9.53 Å². The molecule has 2 heterocycles. The number of benzene rings is 1. The van der Waals surface area contributed by atoms with Crippen LogP contribution in [0, 0.1) is 0 Å². The van der Waals surface area contributed by atoms with Gasteiger partial charge in [0.1, 0.15) is 11.9 Å². The Morgan fingerprint density at radius 2 is 2.23 bits per heavy atom. The van der Waals surface area contributed by atoms with Gasteiger partial charge in [0.25, 0.3) is 0 Å². The zero-order chi connectivity index (χ0) is 15.2. The molecule has 1 aliphatic heterocycles. The van der Waals surface area contributed by atoms with Crippen LogP contribution in [0.1, 0.15) is 12.0 Å². The summed E-state index contributed by atoms with van der Waals surface area (Å²) in [5.74, 6) is 0.925. The Bertz CT molecular complexity index is 587. The average molecular weight is 300 g/mol. The van der Waals surface area contributed by atoms with Crippen LogP contribution in [-0.4, -0.2) is 35.0 Å². The van der Waals surface area contributed by atoms with Crippen molar-refractivity contribution >= 4 is 6.03 Å². The van der Waals surface area contributed by atoms with Gasteiger partial charge in [-0.2, -0.15) is 5.10 Å². The van der Waals surface area contributed by atoms with Crippen molar-refractivity contribution in [3.63, 3.8) is 0 Å². The molecule has 116 valence electrons. The first-order valence-corrected chi connectivity index (χ1v) is 7.55. The van der Waals surface area contributed by atoms with Crippen LogP contribution >= 0.6 is 0 Å². The monoisotopic (exact) mass is 300 g/mol. The van der Waals surface area contributed by atoms with Crippen LogP contribution in [-0.2, 0) is 13.0 Å². The van der Waals surface area contributed by atoms with E-state index in [2.05, 4.69) is 21.8 Å². The van der Waals surface area contributed by atoms with E-state index < -0.39 is 0 Å². The maximum atomic E-state index is 11.7. The Hall–Kier alpha value is -2.50. The van der Waals surface area contributed by atoms with Crippen LogP contribution < -0.4 is 15.4 Å². The summed E-state index contributed by atoms with van der Waals surface area (Å²) in [6, 6.07) is 9.72. The van der Waals surface area contributed by atoms with Crippen molar-refractivity contribution in [1.29, 1.82) is 0 Å². The lowest BCUT2D eigenvalue weighted by atomic mass is 10.1. The molecule has 3 rings (SSSR count). The zero-order valence-electron chi connectivity index (χ0n) is 12.4. The van der Waals surface area contributed by atoms with E-state index in [4.69, 9.17) is 4.74 Å². The molecule has 6 nitrogen and oxygen atoms in total. The second kappa shape index (κ2) is 6.98. The maximum Gasteiger partial charge on any atom is 0.314 e. The Morgan fingerprint density at radius 1 is 1.32 bits per heavy atom. The van der Waals surface area contributed by atoms with Gasteiger partial charge in [0, 0.05) is 31.9 Å². The number of fused-ring (bicyclic) bond motifs is 1. The molecule has 1 aromatic heterocycles. The summed E-state index contributed by atoms with van der Waals surface area (Å²) in [6.07, 6.45) is 5.37. The number of nitrogens with one attached hydrogen (secondary N) is 2. The first-order valence-electron chi connectivity index (χ1n) is 7.55. The molecule has 0 unspecified atom stereocenters. The molecule has 0 saturated carbocycles. The summed E-state index contributed by atoms with van der Waals surface area (Å²) in [7, 11) is 0. The minimum Gasteiger partial charge on any atom is -0.488 e. The first kappa shape index (κ1) is 14.4. The molecule has 22 heavy (non-hydrogen) atoms. The third-order valence-corrected chi connectivity index (χ3v) is 3.61. The molecule has 2 N–H and O–H groups in total. The number of amides is 2. The largest absolute Gasteiger partial charge is 0.488 e. The number of nitrogens with zero attached hydrogens (tertiary/aromatic N) is 2. The van der Waals surface area contributed by atoms with Gasteiger partial charge in [-0.3, -0.25) is 4.68 Å². The Labute approximate surface area is 129 Å². The van der Waals surface area contributed by atoms with Gasteiger partial charge in [-0.25, -0.2) is 4.79 Å². The fourth-order valence-corrected chi connectivity index (χ4v) is 2.51. The quantitative estimate of drug-likeness (QED) is 0.796. The maximum absolute atomic E-state index is 11.7. The van der Waals surface area contributed by atoms with Crippen molar-refractivity contribution in [2.75, 3.05) is 13.1 Å². The number of rotatable bonds is 6. The summed E-state index contributed by atoms with van der Waals surface area (Å²) in [6.45, 7) is 1.94. The van der Waals surface area contributed by atoms with E-state index in [1.807, 2.05) is 35.1 Å². The van der Waals surface area contributed by atoms with E-state index >= 15 is 0 Å². The molecular formula is C16H20N4O2. The highest BCUT2D eigenvalue weighted by Gasteiger charge is 2.22. The minimum absolute atomic E-state index is 0.0206. The third-order valence-electron chi connectivity index (χ3n) is 3.61. The number of aryl methyl sites for hydroxylation is 1. The molecule has 2 aromatic rings. The second-order valence-corrected chi connectivity index (χ2v) is 5.31. The van der Waals surface area contributed by atoms with Gasteiger partial charge in [-0.1, -0.05) is 18.2 Å². The number of para-hydroxylation sites is 1. The van der Waals surface area contributed by atoms with E-state index in [1.54, 1.807) is 6.20 Å². The smallest absolute Gasteiger partial charge is 0.314 e. The van der Waals surface area contributed by atoms with Gasteiger partial charge >= 0.3 is 6.03 Å². The standard InChI is InChI=1S/C16H20N4O2/c21-16(17-7-3-9-20-10-4-8-19-20)18-12-14-11-13-5-1-2-6-15(13)22-14/h1-2,4-6,8,10,14H,3,7,9,11-12H2,(H2,17,18,21)/t14-/m0/s1. The molecular weight excluding hydrogens is 280 g/mol. The molecule has 0 radical (unpaired) electrons. The van der Waals surface area contributed by atoms with Gasteiger partial charge < -0.3 is 15.4 Å². The van der Waals surface area contributed by atoms with Crippen molar-refractivity contribution in [1.82, 2.24) is 20.4 Å². The van der Waals surface area contributed by atoms with Crippen molar-refractivity contribution in [2.45, 2.75) is 25.5 Å². The number of hydrogen-bond acceptors (Lipinski definition) is 3. The Morgan fingerprint density at radius 3 is 3.05 bits per heavy atom. The second-order valence-electron chi connectivity index (χ2n) is 5.31. The summed E-state index contributed by atoms with van der Waals surface area (Å²) in [5, 5.41) is 9.81. The molecule has 0 aliphatic carbocycles. The van der Waals surface area contributed by atoms with Crippen LogP contribution in [0.3, 0.4) is 0 Å². The number of carbonyl (C=O) groups excluding carboxylic acids is 1. The highest BCUT2D eigenvalue weighted by molar-refractivity contribution is 5.73. The van der Waals surface area contributed by atoms with Crippen LogP contribution in [0.4, 0.5) is 4.79 Å². The van der Waals surface area contributed by atoms with E-state index in [0.29, 0.717) is 13.1 Å². The lowest BCUT2D eigenvalue weighted by Crippen LogP contribution is -2.41. The van der Waals surface area contributed by atoms with Gasteiger partial charge in [-0.15, -0.1) is 0 Å². The molecule has 0 bridgehead atoms. The number of urea groups is 1. The highest BCUT2D eigenvalue weighted by atomic mass is 16.5. The molecule has 2 amide bonds. The fourth-order valence-electron chi connectivity index (χ4n) is 2.51. The summed E-state index contributed by atoms with van der Waals surface area (Å²) >= 11 is 0. The average Bonchev–Trinajstić information content (AvgIpc) is 3.18. The minimum atomic E-state index is -0.153. The number of hydrogen-bond donors (Lipinski definition) is 2. The molecule has 0 fully saturated rings. The fraction of sp³-hybridized carbons (Fsp3) is 0.375. The lowest BCUT2D eigenvalue weighted by molar-refractivity contribution is 0.214. The summed E-state index contributed by atoms with van der Waals surface area (Å²) in [5.41, 5.74) is 1.20. The third kappa shape index (κ3) is 3.78. The molecule has 1 atom stereocenters. The first-order chi connectivity index (χ1) is 10.8.